The molecule has 1 atom stereocenters. The van der Waals surface area contributed by atoms with Crippen molar-refractivity contribution >= 4 is 40.9 Å². The maximum Gasteiger partial charge on any atom is 0.191 e. The van der Waals surface area contributed by atoms with Crippen molar-refractivity contribution in [2.75, 3.05) is 39.1 Å². The lowest BCUT2D eigenvalue weighted by molar-refractivity contribution is 0.0794. The number of halogens is 2. The summed E-state index contributed by atoms with van der Waals surface area (Å²) >= 11 is 13.9. The van der Waals surface area contributed by atoms with E-state index in [9.17, 15) is 5.11 Å². The van der Waals surface area contributed by atoms with Crippen LogP contribution in [0.5, 0.6) is 0 Å². The van der Waals surface area contributed by atoms with E-state index >= 15 is 0 Å². The zero-order chi connectivity index (χ0) is 19.0. The molecule has 0 spiro atoms. The number of aliphatic imine (C=N–C) groups is 1. The van der Waals surface area contributed by atoms with Crippen LogP contribution in [0, 0.1) is 0 Å². The van der Waals surface area contributed by atoms with Gasteiger partial charge in [-0.3, -0.25) is 4.99 Å². The van der Waals surface area contributed by atoms with Crippen molar-refractivity contribution < 1.29 is 9.84 Å². The van der Waals surface area contributed by atoms with Gasteiger partial charge in [0.1, 0.15) is 0 Å². The minimum Gasteiger partial charge on any atom is -0.387 e. The van der Waals surface area contributed by atoms with Gasteiger partial charge in [-0.05, 0) is 49.8 Å². The minimum absolute atomic E-state index is 0.125. The van der Waals surface area contributed by atoms with Crippen LogP contribution in [0.25, 0.3) is 0 Å². The van der Waals surface area contributed by atoms with Crippen LogP contribution in [0.15, 0.2) is 23.2 Å². The van der Waals surface area contributed by atoms with Crippen LogP contribution in [0.1, 0.15) is 31.4 Å². The third-order valence-corrected chi connectivity index (χ3v) is 6.28. The topological polar surface area (TPSA) is 65.9 Å². The molecule has 1 heterocycles. The first kappa shape index (κ1) is 21.6. The number of benzene rings is 1. The van der Waals surface area contributed by atoms with E-state index in [1.165, 1.54) is 0 Å². The lowest BCUT2D eigenvalue weighted by Gasteiger charge is -2.34. The minimum atomic E-state index is -0.729. The summed E-state index contributed by atoms with van der Waals surface area (Å²) in [4.78, 5) is 4.74. The molecule has 1 fully saturated rings. The summed E-state index contributed by atoms with van der Waals surface area (Å²) in [6.45, 7) is 5.37. The van der Waals surface area contributed by atoms with Crippen molar-refractivity contribution in [2.24, 2.45) is 4.99 Å². The molecule has 8 heteroatoms. The number of ether oxygens (including phenoxy) is 1. The zero-order valence-electron chi connectivity index (χ0n) is 15.2. The van der Waals surface area contributed by atoms with Gasteiger partial charge in [-0.2, -0.15) is 11.8 Å². The second-order valence-electron chi connectivity index (χ2n) is 6.29. The Morgan fingerprint density at radius 2 is 1.92 bits per heavy atom. The molecule has 26 heavy (non-hydrogen) atoms. The molecule has 5 nitrogen and oxygen atoms in total. The maximum absolute atomic E-state index is 10.4. The molecule has 146 valence electrons. The number of nitrogens with one attached hydrogen (secondary N) is 2. The molecule has 1 saturated heterocycles. The van der Waals surface area contributed by atoms with Gasteiger partial charge in [0.05, 0.1) is 12.6 Å². The quantitative estimate of drug-likeness (QED) is 0.466. The Morgan fingerprint density at radius 1 is 1.27 bits per heavy atom. The second-order valence-corrected chi connectivity index (χ2v) is 8.44. The van der Waals surface area contributed by atoms with E-state index in [4.69, 9.17) is 32.9 Å². The number of nitrogens with zero attached hydrogens (tertiary/aromatic N) is 1. The fraction of sp³-hybridized carbons (Fsp3) is 0.611. The van der Waals surface area contributed by atoms with Crippen LogP contribution in [0.3, 0.4) is 0 Å². The van der Waals surface area contributed by atoms with Gasteiger partial charge in [0.2, 0.25) is 0 Å². The first-order valence-electron chi connectivity index (χ1n) is 8.77. The normalized spacial score (nSPS) is 18.4. The Kier molecular flexibility index (Phi) is 8.84. The number of hydrogen-bond acceptors (Lipinski definition) is 4. The highest BCUT2D eigenvalue weighted by Gasteiger charge is 2.31. The molecule has 3 N–H and O–H groups in total. The Labute approximate surface area is 169 Å². The molecule has 0 bridgehead atoms. The molecule has 2 rings (SSSR count). The van der Waals surface area contributed by atoms with E-state index in [0.717, 1.165) is 32.6 Å². The van der Waals surface area contributed by atoms with Crippen molar-refractivity contribution in [3.05, 3.63) is 33.8 Å². The maximum atomic E-state index is 10.4. The second kappa shape index (κ2) is 10.6. The summed E-state index contributed by atoms with van der Waals surface area (Å²) in [6, 6.07) is 5.08. The van der Waals surface area contributed by atoms with Gasteiger partial charge in [0, 0.05) is 41.1 Å². The highest BCUT2D eigenvalue weighted by molar-refractivity contribution is 8.00. The zero-order valence-corrected chi connectivity index (χ0v) is 17.6. The van der Waals surface area contributed by atoms with Gasteiger partial charge < -0.3 is 20.5 Å². The van der Waals surface area contributed by atoms with Crippen molar-refractivity contribution in [2.45, 2.75) is 30.6 Å². The molecular weight excluding hydrogens is 393 g/mol. The summed E-state index contributed by atoms with van der Waals surface area (Å²) in [5.74, 6) is 0.694. The summed E-state index contributed by atoms with van der Waals surface area (Å²) in [7, 11) is 0. The predicted octanol–water partition coefficient (Wildman–Crippen LogP) is 3.49. The molecule has 0 aromatic heterocycles. The number of rotatable bonds is 7. The molecule has 1 aliphatic rings. The van der Waals surface area contributed by atoms with Crippen LogP contribution >= 0.6 is 35.0 Å². The van der Waals surface area contributed by atoms with Crippen molar-refractivity contribution in [1.29, 1.82) is 0 Å². The molecule has 1 aromatic carbocycles. The Hall–Kier alpha value is -0.660. The molecule has 0 radical (unpaired) electrons. The van der Waals surface area contributed by atoms with Gasteiger partial charge in [0.25, 0.3) is 0 Å². The summed E-state index contributed by atoms with van der Waals surface area (Å²) in [5.41, 5.74) is 0.677. The predicted molar refractivity (Wildman–Crippen MR) is 112 cm³/mol. The van der Waals surface area contributed by atoms with Crippen LogP contribution < -0.4 is 10.6 Å². The molecule has 1 aliphatic heterocycles. The van der Waals surface area contributed by atoms with E-state index < -0.39 is 6.10 Å². The highest BCUT2D eigenvalue weighted by atomic mass is 35.5. The number of hydrogen-bond donors (Lipinski definition) is 3. The molecule has 0 saturated carbocycles. The fourth-order valence-corrected chi connectivity index (χ4v) is 4.13. The van der Waals surface area contributed by atoms with Gasteiger partial charge in [-0.25, -0.2) is 0 Å². The van der Waals surface area contributed by atoms with Crippen LogP contribution in [-0.2, 0) is 4.74 Å². The summed E-state index contributed by atoms with van der Waals surface area (Å²) in [6.07, 6.45) is 3.41. The Balaban J connectivity index is 1.98. The first-order chi connectivity index (χ1) is 12.5. The molecule has 0 amide bonds. The van der Waals surface area contributed by atoms with Gasteiger partial charge in [-0.15, -0.1) is 0 Å². The summed E-state index contributed by atoms with van der Waals surface area (Å²) in [5, 5.41) is 17.9. The SMILES string of the molecule is CCNC(=NCC1(SC)CCOCC1)NCC(O)c1cc(Cl)cc(Cl)c1. The van der Waals surface area contributed by atoms with Crippen LogP contribution in [0.4, 0.5) is 0 Å². The molecule has 1 unspecified atom stereocenters. The van der Waals surface area contributed by atoms with E-state index in [2.05, 4.69) is 16.9 Å². The number of guanidine groups is 1. The molecule has 1 aromatic rings. The summed E-state index contributed by atoms with van der Waals surface area (Å²) < 4.78 is 5.61. The Bertz CT molecular complexity index is 590. The molecular formula is C18H27Cl2N3O2S. The van der Waals surface area contributed by atoms with Crippen molar-refractivity contribution in [3.63, 3.8) is 0 Å². The van der Waals surface area contributed by atoms with E-state index in [1.807, 2.05) is 18.7 Å². The lowest BCUT2D eigenvalue weighted by Crippen LogP contribution is -2.42. The largest absolute Gasteiger partial charge is 0.387 e. The van der Waals surface area contributed by atoms with Gasteiger partial charge in [0.15, 0.2) is 5.96 Å². The van der Waals surface area contributed by atoms with Gasteiger partial charge >= 0.3 is 0 Å². The smallest absolute Gasteiger partial charge is 0.191 e. The fourth-order valence-electron chi connectivity index (χ4n) is 2.81. The van der Waals surface area contributed by atoms with Crippen LogP contribution in [-0.4, -0.2) is 54.9 Å². The van der Waals surface area contributed by atoms with Crippen LogP contribution in [0.2, 0.25) is 10.0 Å². The Morgan fingerprint density at radius 3 is 2.50 bits per heavy atom. The monoisotopic (exact) mass is 419 g/mol. The average molecular weight is 420 g/mol. The average Bonchev–Trinajstić information content (AvgIpc) is 2.63. The number of thioether (sulfide) groups is 1. The van der Waals surface area contributed by atoms with E-state index in [-0.39, 0.29) is 4.75 Å². The van der Waals surface area contributed by atoms with E-state index in [0.29, 0.717) is 34.7 Å². The van der Waals surface area contributed by atoms with Gasteiger partial charge in [-0.1, -0.05) is 23.2 Å². The third-order valence-electron chi connectivity index (χ3n) is 4.44. The standard InChI is InChI=1S/C18H27Cl2N3O2S/c1-3-21-17(23-12-18(26-2)4-6-25-7-5-18)22-11-16(24)13-8-14(19)10-15(20)9-13/h8-10,16,24H,3-7,11-12H2,1-2H3,(H2,21,22,23). The number of aliphatic hydroxyl groups excluding tert-OH is 1. The third kappa shape index (κ3) is 6.50. The van der Waals surface area contributed by atoms with E-state index in [1.54, 1.807) is 18.2 Å². The van der Waals surface area contributed by atoms with Crippen molar-refractivity contribution in [1.82, 2.24) is 10.6 Å². The highest BCUT2D eigenvalue weighted by Crippen LogP contribution is 2.34. The number of aliphatic hydroxyl groups is 1. The molecule has 0 aliphatic carbocycles. The lowest BCUT2D eigenvalue weighted by atomic mass is 9.99. The first-order valence-corrected chi connectivity index (χ1v) is 10.8. The van der Waals surface area contributed by atoms with Crippen molar-refractivity contribution in [3.8, 4) is 0 Å².